The van der Waals surface area contributed by atoms with Crippen molar-refractivity contribution in [3.63, 3.8) is 0 Å². The number of rotatable bonds is 5. The number of likely N-dealkylation sites (tertiary alicyclic amines) is 1. The molecule has 1 amide bonds. The van der Waals surface area contributed by atoms with Crippen molar-refractivity contribution in [3.8, 4) is 0 Å². The summed E-state index contributed by atoms with van der Waals surface area (Å²) in [5, 5.41) is 3.44. The summed E-state index contributed by atoms with van der Waals surface area (Å²) in [5.41, 5.74) is 6.54. The minimum Gasteiger partial charge on any atom is -0.450 e. The molecule has 0 saturated carbocycles. The third kappa shape index (κ3) is 4.56. The topological polar surface area (TPSA) is 93.4 Å². The van der Waals surface area contributed by atoms with Crippen LogP contribution in [0.1, 0.15) is 31.3 Å². The smallest absolute Gasteiger partial charge is 0.409 e. The highest BCUT2D eigenvalue weighted by Gasteiger charge is 2.23. The Balaban J connectivity index is 1.89. The van der Waals surface area contributed by atoms with Crippen molar-refractivity contribution < 1.29 is 9.53 Å². The molecule has 2 heterocycles. The summed E-state index contributed by atoms with van der Waals surface area (Å²) in [5.74, 6) is 1.59. The molecule has 1 aromatic rings. The van der Waals surface area contributed by atoms with E-state index in [2.05, 4.69) is 15.3 Å². The van der Waals surface area contributed by atoms with Crippen molar-refractivity contribution in [2.45, 2.75) is 39.2 Å². The molecule has 1 aromatic heterocycles. The van der Waals surface area contributed by atoms with E-state index in [1.54, 1.807) is 4.90 Å². The van der Waals surface area contributed by atoms with Gasteiger partial charge in [-0.05, 0) is 33.2 Å². The Hall–Kier alpha value is -1.89. The number of amides is 1. The van der Waals surface area contributed by atoms with Gasteiger partial charge in [-0.2, -0.15) is 0 Å². The first-order valence-corrected chi connectivity index (χ1v) is 7.85. The van der Waals surface area contributed by atoms with Crippen LogP contribution in [0.5, 0.6) is 0 Å². The standard InChI is InChI=1S/C15H25N5O2/c1-3-22-15(21)20-8-5-12(6-9-20)19-14-10-13(4-7-16)17-11(2)18-14/h10,12H,3-9,16H2,1-2H3,(H,17,18,19). The van der Waals surface area contributed by atoms with Crippen LogP contribution in [0.15, 0.2) is 6.07 Å². The van der Waals surface area contributed by atoms with Crippen LogP contribution in [0.3, 0.4) is 0 Å². The number of aryl methyl sites for hydroxylation is 1. The molecule has 7 heteroatoms. The highest BCUT2D eigenvalue weighted by Crippen LogP contribution is 2.17. The van der Waals surface area contributed by atoms with Crippen molar-refractivity contribution in [3.05, 3.63) is 17.6 Å². The summed E-state index contributed by atoms with van der Waals surface area (Å²) in [7, 11) is 0. The number of carbonyl (C=O) groups is 1. The molecule has 2 rings (SSSR count). The van der Waals surface area contributed by atoms with E-state index < -0.39 is 0 Å². The maximum atomic E-state index is 11.7. The Morgan fingerprint density at radius 2 is 2.18 bits per heavy atom. The van der Waals surface area contributed by atoms with Gasteiger partial charge in [0, 0.05) is 37.3 Å². The van der Waals surface area contributed by atoms with Crippen molar-refractivity contribution >= 4 is 11.9 Å². The highest BCUT2D eigenvalue weighted by atomic mass is 16.6. The molecule has 122 valence electrons. The maximum absolute atomic E-state index is 11.7. The SMILES string of the molecule is CCOC(=O)N1CCC(Nc2cc(CCN)nc(C)n2)CC1. The first-order valence-electron chi connectivity index (χ1n) is 7.85. The molecule has 0 unspecified atom stereocenters. The van der Waals surface area contributed by atoms with E-state index in [0.29, 0.717) is 32.3 Å². The number of nitrogens with one attached hydrogen (secondary N) is 1. The van der Waals surface area contributed by atoms with E-state index in [4.69, 9.17) is 10.5 Å². The maximum Gasteiger partial charge on any atom is 0.409 e. The molecule has 7 nitrogen and oxygen atoms in total. The largest absolute Gasteiger partial charge is 0.450 e. The number of aromatic nitrogens is 2. The third-order valence-electron chi connectivity index (χ3n) is 3.66. The summed E-state index contributed by atoms with van der Waals surface area (Å²) < 4.78 is 5.03. The Morgan fingerprint density at radius 1 is 1.45 bits per heavy atom. The van der Waals surface area contributed by atoms with Gasteiger partial charge in [0.15, 0.2) is 0 Å². The normalized spacial score (nSPS) is 15.7. The monoisotopic (exact) mass is 307 g/mol. The molecule has 1 aliphatic rings. The zero-order valence-electron chi connectivity index (χ0n) is 13.3. The van der Waals surface area contributed by atoms with Crippen LogP contribution in [0.25, 0.3) is 0 Å². The number of nitrogens with zero attached hydrogens (tertiary/aromatic N) is 3. The zero-order valence-corrected chi connectivity index (χ0v) is 13.3. The number of hydrogen-bond acceptors (Lipinski definition) is 6. The lowest BCUT2D eigenvalue weighted by atomic mass is 10.1. The van der Waals surface area contributed by atoms with Crippen molar-refractivity contribution in [1.82, 2.24) is 14.9 Å². The fourth-order valence-electron chi connectivity index (χ4n) is 2.61. The van der Waals surface area contributed by atoms with Crippen molar-refractivity contribution in [2.75, 3.05) is 31.6 Å². The molecule has 22 heavy (non-hydrogen) atoms. The Labute approximate surface area is 131 Å². The molecule has 0 radical (unpaired) electrons. The minimum absolute atomic E-state index is 0.218. The number of piperidine rings is 1. The molecule has 0 atom stereocenters. The first kappa shape index (κ1) is 16.5. The molecule has 1 fully saturated rings. The van der Waals surface area contributed by atoms with E-state index in [1.165, 1.54) is 0 Å². The van der Waals surface area contributed by atoms with Gasteiger partial charge in [0.1, 0.15) is 11.6 Å². The van der Waals surface area contributed by atoms with E-state index in [0.717, 1.165) is 36.6 Å². The highest BCUT2D eigenvalue weighted by molar-refractivity contribution is 5.67. The second-order valence-corrected chi connectivity index (χ2v) is 5.43. The van der Waals surface area contributed by atoms with Gasteiger partial charge in [-0.15, -0.1) is 0 Å². The molecule has 1 saturated heterocycles. The lowest BCUT2D eigenvalue weighted by Crippen LogP contribution is -2.42. The van der Waals surface area contributed by atoms with Crippen LogP contribution >= 0.6 is 0 Å². The van der Waals surface area contributed by atoms with Gasteiger partial charge in [-0.25, -0.2) is 14.8 Å². The Morgan fingerprint density at radius 3 is 2.82 bits per heavy atom. The second kappa shape index (κ2) is 7.93. The number of nitrogens with two attached hydrogens (primary N) is 1. The second-order valence-electron chi connectivity index (χ2n) is 5.43. The first-order chi connectivity index (χ1) is 10.6. The lowest BCUT2D eigenvalue weighted by molar-refractivity contribution is 0.0983. The molecule has 0 aliphatic carbocycles. The third-order valence-corrected chi connectivity index (χ3v) is 3.66. The average molecular weight is 307 g/mol. The predicted octanol–water partition coefficient (Wildman–Crippen LogP) is 1.32. The Bertz CT molecular complexity index is 501. The molecular weight excluding hydrogens is 282 g/mol. The minimum atomic E-state index is -0.218. The van der Waals surface area contributed by atoms with Crippen molar-refractivity contribution in [1.29, 1.82) is 0 Å². The van der Waals surface area contributed by atoms with Crippen LogP contribution in [-0.2, 0) is 11.2 Å². The van der Waals surface area contributed by atoms with Gasteiger partial charge >= 0.3 is 6.09 Å². The molecule has 1 aliphatic heterocycles. The van der Waals surface area contributed by atoms with Gasteiger partial charge in [0.2, 0.25) is 0 Å². The fourth-order valence-corrected chi connectivity index (χ4v) is 2.61. The average Bonchev–Trinajstić information content (AvgIpc) is 2.48. The Kier molecular flexibility index (Phi) is 5.94. The van der Waals surface area contributed by atoms with E-state index in [1.807, 2.05) is 19.9 Å². The summed E-state index contributed by atoms with van der Waals surface area (Å²) in [6.45, 7) is 6.11. The summed E-state index contributed by atoms with van der Waals surface area (Å²) in [4.78, 5) is 22.2. The number of ether oxygens (including phenoxy) is 1. The predicted molar refractivity (Wildman–Crippen MR) is 84.8 cm³/mol. The molecule has 3 N–H and O–H groups in total. The lowest BCUT2D eigenvalue weighted by Gasteiger charge is -2.31. The molecule has 0 aromatic carbocycles. The molecule has 0 spiro atoms. The van der Waals surface area contributed by atoms with Gasteiger partial charge in [-0.3, -0.25) is 0 Å². The zero-order chi connectivity index (χ0) is 15.9. The summed E-state index contributed by atoms with van der Waals surface area (Å²) in [6, 6.07) is 2.27. The van der Waals surface area contributed by atoms with Gasteiger partial charge in [0.05, 0.1) is 6.61 Å². The van der Waals surface area contributed by atoms with Crippen LogP contribution in [0.2, 0.25) is 0 Å². The summed E-state index contributed by atoms with van der Waals surface area (Å²) in [6.07, 6.45) is 2.30. The summed E-state index contributed by atoms with van der Waals surface area (Å²) >= 11 is 0. The van der Waals surface area contributed by atoms with Crippen LogP contribution in [-0.4, -0.2) is 53.2 Å². The van der Waals surface area contributed by atoms with E-state index in [-0.39, 0.29) is 6.09 Å². The number of carbonyl (C=O) groups excluding carboxylic acids is 1. The number of anilines is 1. The van der Waals surface area contributed by atoms with Crippen LogP contribution in [0.4, 0.5) is 10.6 Å². The van der Waals surface area contributed by atoms with E-state index in [9.17, 15) is 4.79 Å². The van der Waals surface area contributed by atoms with E-state index >= 15 is 0 Å². The van der Waals surface area contributed by atoms with Crippen molar-refractivity contribution in [2.24, 2.45) is 5.73 Å². The quantitative estimate of drug-likeness (QED) is 0.852. The van der Waals surface area contributed by atoms with Crippen LogP contribution in [0, 0.1) is 6.92 Å². The number of hydrogen-bond donors (Lipinski definition) is 2. The van der Waals surface area contributed by atoms with Gasteiger partial charge in [0.25, 0.3) is 0 Å². The fraction of sp³-hybridized carbons (Fsp3) is 0.667. The molecule has 0 bridgehead atoms. The molecular formula is C15H25N5O2. The van der Waals surface area contributed by atoms with Crippen LogP contribution < -0.4 is 11.1 Å². The van der Waals surface area contributed by atoms with Gasteiger partial charge in [-0.1, -0.05) is 0 Å². The van der Waals surface area contributed by atoms with Gasteiger partial charge < -0.3 is 20.7 Å².